The summed E-state index contributed by atoms with van der Waals surface area (Å²) >= 11 is 0. The van der Waals surface area contributed by atoms with E-state index in [1.165, 1.54) is 302 Å². The van der Waals surface area contributed by atoms with Crippen molar-refractivity contribution in [3.05, 3.63) is 0 Å². The summed E-state index contributed by atoms with van der Waals surface area (Å²) in [7, 11) is -9.93. The Labute approximate surface area is 670 Å². The van der Waals surface area contributed by atoms with Crippen LogP contribution in [-0.2, 0) is 65.4 Å². The third-order valence-corrected chi connectivity index (χ3v) is 23.5. The third-order valence-electron chi connectivity index (χ3n) is 21.6. The summed E-state index contributed by atoms with van der Waals surface area (Å²) < 4.78 is 69.1. The van der Waals surface area contributed by atoms with Crippen LogP contribution >= 0.6 is 15.6 Å². The minimum absolute atomic E-state index is 0.108. The Kier molecular flexibility index (Phi) is 79.8. The highest BCUT2D eigenvalue weighted by Gasteiger charge is 2.31. The molecule has 17 nitrogen and oxygen atoms in total. The molecule has 0 rings (SSSR count). The lowest BCUT2D eigenvalue weighted by Gasteiger charge is -2.21. The van der Waals surface area contributed by atoms with Crippen LogP contribution in [0.2, 0.25) is 0 Å². The number of ether oxygens (including phenoxy) is 4. The molecule has 0 aromatic carbocycles. The van der Waals surface area contributed by atoms with E-state index in [0.29, 0.717) is 25.7 Å². The topological polar surface area (TPSA) is 237 Å². The van der Waals surface area contributed by atoms with Crippen LogP contribution in [-0.4, -0.2) is 96.7 Å². The number of carbonyl (C=O) groups excluding carboxylic acids is 4. The van der Waals surface area contributed by atoms with E-state index in [1.54, 1.807) is 0 Å². The van der Waals surface area contributed by atoms with Gasteiger partial charge in [0.25, 0.3) is 0 Å². The Morgan fingerprint density at radius 2 is 0.468 bits per heavy atom. The van der Waals surface area contributed by atoms with Gasteiger partial charge in [-0.1, -0.05) is 433 Å². The molecule has 0 saturated carbocycles. The van der Waals surface area contributed by atoms with E-state index in [9.17, 15) is 43.2 Å². The molecule has 0 aliphatic heterocycles. The zero-order chi connectivity index (χ0) is 79.9. The van der Waals surface area contributed by atoms with Crippen molar-refractivity contribution in [2.24, 2.45) is 11.8 Å². The molecule has 0 aliphatic carbocycles. The molecule has 6 atom stereocenters. The van der Waals surface area contributed by atoms with Gasteiger partial charge in [-0.3, -0.25) is 37.3 Å². The van der Waals surface area contributed by atoms with E-state index in [1.807, 2.05) is 0 Å². The minimum Gasteiger partial charge on any atom is -0.462 e. The zero-order valence-electron chi connectivity index (χ0n) is 71.9. The second-order valence-electron chi connectivity index (χ2n) is 33.1. The standard InChI is InChI=1S/C90H176O17P2/c1-7-10-12-14-16-18-20-22-24-26-31-34-38-42-48-54-60-66-72-87(92)100-78-85(106-89(94)75-69-63-57-50-44-40-36-32-28-27-30-33-37-41-47-53-59-65-71-83(6)9-3)80-104-108(96,97)102-76-84(91)77-103-109(98,99)105-81-86(79-101-88(93)73-67-61-55-51-45-46-52-58-64-70-82(4)5)107-90(95)74-68-62-56-49-43-39-35-29-25-23-21-19-17-15-13-11-8-2/h82-86,91H,7-81H2,1-6H3,(H,96,97)(H,98,99)/t83?,84-,85-,86-/m1/s1. The average Bonchev–Trinajstić information content (AvgIpc) is 0.900. The molecule has 0 spiro atoms. The van der Waals surface area contributed by atoms with Crippen molar-refractivity contribution in [2.45, 2.75) is 503 Å². The van der Waals surface area contributed by atoms with Crippen molar-refractivity contribution in [3.8, 4) is 0 Å². The highest BCUT2D eigenvalue weighted by Crippen LogP contribution is 2.45. The summed E-state index contributed by atoms with van der Waals surface area (Å²) in [6, 6.07) is 0. The van der Waals surface area contributed by atoms with E-state index < -0.39 is 97.5 Å². The number of unbranched alkanes of at least 4 members (excludes halogenated alkanes) is 58. The summed E-state index contributed by atoms with van der Waals surface area (Å²) in [6.45, 7) is 9.75. The molecule has 19 heteroatoms. The van der Waals surface area contributed by atoms with Crippen LogP contribution in [0, 0.1) is 11.8 Å². The molecule has 3 N–H and O–H groups in total. The van der Waals surface area contributed by atoms with Gasteiger partial charge in [-0.2, -0.15) is 0 Å². The molecule has 3 unspecified atom stereocenters. The van der Waals surface area contributed by atoms with Crippen LogP contribution < -0.4 is 0 Å². The van der Waals surface area contributed by atoms with Crippen molar-refractivity contribution >= 4 is 39.5 Å². The lowest BCUT2D eigenvalue weighted by molar-refractivity contribution is -0.161. The fourth-order valence-corrected chi connectivity index (χ4v) is 15.7. The van der Waals surface area contributed by atoms with Crippen molar-refractivity contribution in [3.63, 3.8) is 0 Å². The Morgan fingerprint density at radius 1 is 0.266 bits per heavy atom. The summed E-state index contributed by atoms with van der Waals surface area (Å²) in [5, 5.41) is 10.7. The van der Waals surface area contributed by atoms with E-state index in [4.69, 9.17) is 37.0 Å². The third kappa shape index (κ3) is 82.4. The first-order valence-electron chi connectivity index (χ1n) is 46.5. The lowest BCUT2D eigenvalue weighted by atomic mass is 9.99. The first-order valence-corrected chi connectivity index (χ1v) is 49.5. The highest BCUT2D eigenvalue weighted by molar-refractivity contribution is 7.47. The number of aliphatic hydroxyl groups excluding tert-OH is 1. The number of esters is 4. The van der Waals surface area contributed by atoms with Crippen molar-refractivity contribution in [1.82, 2.24) is 0 Å². The number of hydrogen-bond acceptors (Lipinski definition) is 15. The van der Waals surface area contributed by atoms with Crippen molar-refractivity contribution < 1.29 is 80.2 Å². The molecule has 0 fully saturated rings. The predicted molar refractivity (Wildman–Crippen MR) is 451 cm³/mol. The molecule has 109 heavy (non-hydrogen) atoms. The molecule has 0 saturated heterocycles. The van der Waals surface area contributed by atoms with Crippen LogP contribution in [0.1, 0.15) is 485 Å². The first-order chi connectivity index (χ1) is 52.9. The van der Waals surface area contributed by atoms with Gasteiger partial charge in [0.15, 0.2) is 12.2 Å². The summed E-state index contributed by atoms with van der Waals surface area (Å²) in [5.41, 5.74) is 0. The van der Waals surface area contributed by atoms with Crippen molar-refractivity contribution in [2.75, 3.05) is 39.6 Å². The maximum atomic E-state index is 13.2. The van der Waals surface area contributed by atoms with Gasteiger partial charge in [0.05, 0.1) is 26.4 Å². The number of carbonyl (C=O) groups is 4. The molecular weight excluding hydrogens is 1410 g/mol. The van der Waals surface area contributed by atoms with Crippen LogP contribution in [0.4, 0.5) is 0 Å². The quantitative estimate of drug-likeness (QED) is 0.0222. The Morgan fingerprint density at radius 3 is 0.697 bits per heavy atom. The molecule has 0 aromatic heterocycles. The highest BCUT2D eigenvalue weighted by atomic mass is 31.2. The molecule has 0 heterocycles. The van der Waals surface area contributed by atoms with Gasteiger partial charge in [0, 0.05) is 25.7 Å². The van der Waals surface area contributed by atoms with Gasteiger partial charge in [0.2, 0.25) is 0 Å². The summed E-state index contributed by atoms with van der Waals surface area (Å²) in [4.78, 5) is 73.4. The van der Waals surface area contributed by atoms with Gasteiger partial charge in [-0.15, -0.1) is 0 Å². The molecule has 0 aliphatic rings. The lowest BCUT2D eigenvalue weighted by Crippen LogP contribution is -2.30. The Bertz CT molecular complexity index is 2080. The number of phosphoric acid groups is 2. The Hall–Kier alpha value is -1.94. The van der Waals surface area contributed by atoms with E-state index in [2.05, 4.69) is 41.5 Å². The SMILES string of the molecule is CCCCCCCCCCCCCCCCCCCCC(=O)OC[C@H](COP(=O)(O)OC[C@@H](O)COP(=O)(O)OC[C@@H](COC(=O)CCCCCCCCCCCC(C)C)OC(=O)CCCCCCCCCCCCCCCCCCC)OC(=O)CCCCCCCCCCCCCCCCCCCCC(C)CC. The van der Waals surface area contributed by atoms with Gasteiger partial charge in [0.1, 0.15) is 19.3 Å². The van der Waals surface area contributed by atoms with E-state index in [-0.39, 0.29) is 25.7 Å². The monoisotopic (exact) mass is 1590 g/mol. The van der Waals surface area contributed by atoms with Crippen LogP contribution in [0.15, 0.2) is 0 Å². The summed E-state index contributed by atoms with van der Waals surface area (Å²) in [5.74, 6) is -0.481. The molecule has 0 amide bonds. The summed E-state index contributed by atoms with van der Waals surface area (Å²) in [6.07, 6.45) is 75.0. The molecule has 0 bridgehead atoms. The van der Waals surface area contributed by atoms with Crippen LogP contribution in [0.25, 0.3) is 0 Å². The van der Waals surface area contributed by atoms with Crippen LogP contribution in [0.3, 0.4) is 0 Å². The van der Waals surface area contributed by atoms with E-state index >= 15 is 0 Å². The number of rotatable bonds is 89. The van der Waals surface area contributed by atoms with Crippen LogP contribution in [0.5, 0.6) is 0 Å². The fourth-order valence-electron chi connectivity index (χ4n) is 14.1. The second-order valence-corrected chi connectivity index (χ2v) is 36.0. The average molecular weight is 1590 g/mol. The van der Waals surface area contributed by atoms with Gasteiger partial charge >= 0.3 is 39.5 Å². The molecular formula is C90H176O17P2. The predicted octanol–water partition coefficient (Wildman–Crippen LogP) is 27.8. The molecule has 0 radical (unpaired) electrons. The second kappa shape index (κ2) is 81.2. The normalized spacial score (nSPS) is 14.0. The number of aliphatic hydroxyl groups is 1. The van der Waals surface area contributed by atoms with Gasteiger partial charge < -0.3 is 33.8 Å². The fraction of sp³-hybridized carbons (Fsp3) is 0.956. The minimum atomic E-state index is -4.97. The zero-order valence-corrected chi connectivity index (χ0v) is 73.7. The maximum absolute atomic E-state index is 13.2. The van der Waals surface area contributed by atoms with Gasteiger partial charge in [-0.25, -0.2) is 9.13 Å². The smallest absolute Gasteiger partial charge is 0.462 e. The maximum Gasteiger partial charge on any atom is 0.472 e. The molecule has 0 aromatic rings. The van der Waals surface area contributed by atoms with Gasteiger partial charge in [-0.05, 0) is 37.5 Å². The van der Waals surface area contributed by atoms with E-state index in [0.717, 1.165) is 102 Å². The first kappa shape index (κ1) is 107. The Balaban J connectivity index is 5.25. The number of phosphoric ester groups is 2. The largest absolute Gasteiger partial charge is 0.472 e. The molecule has 648 valence electrons. The number of hydrogen-bond donors (Lipinski definition) is 3. The van der Waals surface area contributed by atoms with Crippen molar-refractivity contribution in [1.29, 1.82) is 0 Å².